The highest BCUT2D eigenvalue weighted by atomic mass is 32.2. The summed E-state index contributed by atoms with van der Waals surface area (Å²) in [6.45, 7) is 1.61. The molecular weight excluding hydrogens is 396 g/mol. The van der Waals surface area contributed by atoms with Gasteiger partial charge in [0, 0.05) is 22.4 Å². The quantitative estimate of drug-likeness (QED) is 0.710. The van der Waals surface area contributed by atoms with Crippen LogP contribution in [0.2, 0.25) is 0 Å². The lowest BCUT2D eigenvalue weighted by molar-refractivity contribution is 0.0926. The van der Waals surface area contributed by atoms with Gasteiger partial charge in [0.2, 0.25) is 5.43 Å². The summed E-state index contributed by atoms with van der Waals surface area (Å²) < 4.78 is 29.5. The molecule has 0 bridgehead atoms. The Morgan fingerprint density at radius 2 is 1.93 bits per heavy atom. The number of hydrogen-bond acceptors (Lipinski definition) is 4. The third-order valence-electron chi connectivity index (χ3n) is 4.73. The molecule has 1 amide bonds. The number of aryl methyl sites for hydroxylation is 1. The van der Waals surface area contributed by atoms with E-state index in [-0.39, 0.29) is 17.2 Å². The standard InChI is InChI=1S/C21H17F2N3O2S/c1-12-11-18(27)19(25-26(12)17-8-3-2-6-14(17)22)21(28)24-16-9-10-29-20-13(16)5-4-7-15(20)23/h2-8,11,16H,9-10H2,1H3,(H,24,28). The summed E-state index contributed by atoms with van der Waals surface area (Å²) >= 11 is 1.40. The molecule has 3 aromatic rings. The molecule has 4 rings (SSSR count). The molecular formula is C21H17F2N3O2S. The van der Waals surface area contributed by atoms with E-state index in [1.807, 2.05) is 0 Å². The van der Waals surface area contributed by atoms with Gasteiger partial charge in [0.15, 0.2) is 5.69 Å². The minimum Gasteiger partial charge on any atom is -0.344 e. The molecule has 0 spiro atoms. The molecule has 1 N–H and O–H groups in total. The van der Waals surface area contributed by atoms with E-state index in [4.69, 9.17) is 0 Å². The number of nitrogens with zero attached hydrogens (tertiary/aromatic N) is 2. The average Bonchev–Trinajstić information content (AvgIpc) is 2.69. The van der Waals surface area contributed by atoms with Gasteiger partial charge in [-0.25, -0.2) is 13.5 Å². The van der Waals surface area contributed by atoms with E-state index in [0.717, 1.165) is 0 Å². The lowest BCUT2D eigenvalue weighted by atomic mass is 10.0. The number of para-hydroxylation sites is 1. The van der Waals surface area contributed by atoms with Gasteiger partial charge in [-0.1, -0.05) is 24.3 Å². The number of thioether (sulfide) groups is 1. The van der Waals surface area contributed by atoms with Gasteiger partial charge in [-0.3, -0.25) is 9.59 Å². The van der Waals surface area contributed by atoms with Gasteiger partial charge in [-0.15, -0.1) is 11.8 Å². The van der Waals surface area contributed by atoms with Crippen molar-refractivity contribution in [3.8, 4) is 5.69 Å². The first-order valence-corrected chi connectivity index (χ1v) is 10.0. The highest BCUT2D eigenvalue weighted by Gasteiger charge is 2.26. The second-order valence-corrected chi connectivity index (χ2v) is 7.79. The predicted octanol–water partition coefficient (Wildman–Crippen LogP) is 3.79. The fourth-order valence-corrected chi connectivity index (χ4v) is 4.48. The average molecular weight is 413 g/mol. The van der Waals surface area contributed by atoms with Gasteiger partial charge >= 0.3 is 0 Å². The molecule has 0 saturated carbocycles. The Labute approximate surface area is 169 Å². The van der Waals surface area contributed by atoms with Crippen LogP contribution in [0.25, 0.3) is 5.69 Å². The van der Waals surface area contributed by atoms with Crippen molar-refractivity contribution in [2.24, 2.45) is 0 Å². The number of carbonyl (C=O) groups is 1. The fraction of sp³-hybridized carbons (Fsp3) is 0.190. The van der Waals surface area contributed by atoms with E-state index in [1.165, 1.54) is 40.7 Å². The summed E-state index contributed by atoms with van der Waals surface area (Å²) in [6.07, 6.45) is 0.597. The number of fused-ring (bicyclic) bond motifs is 1. The van der Waals surface area contributed by atoms with E-state index in [1.54, 1.807) is 31.2 Å². The molecule has 8 heteroatoms. The van der Waals surface area contributed by atoms with Gasteiger partial charge in [0.05, 0.1) is 6.04 Å². The summed E-state index contributed by atoms with van der Waals surface area (Å²) in [5.41, 5.74) is 0.321. The van der Waals surface area contributed by atoms with Gasteiger partial charge in [-0.05, 0) is 37.1 Å². The van der Waals surface area contributed by atoms with Gasteiger partial charge < -0.3 is 5.32 Å². The Morgan fingerprint density at radius 1 is 1.17 bits per heavy atom. The highest BCUT2D eigenvalue weighted by molar-refractivity contribution is 7.99. The third-order valence-corrected chi connectivity index (χ3v) is 5.89. The van der Waals surface area contributed by atoms with E-state index in [2.05, 4.69) is 10.4 Å². The van der Waals surface area contributed by atoms with Crippen LogP contribution in [-0.2, 0) is 0 Å². The molecule has 0 saturated heterocycles. The molecule has 0 radical (unpaired) electrons. The van der Waals surface area contributed by atoms with Crippen molar-refractivity contribution in [1.82, 2.24) is 15.1 Å². The number of hydrogen-bond donors (Lipinski definition) is 1. The molecule has 29 heavy (non-hydrogen) atoms. The van der Waals surface area contributed by atoms with Gasteiger partial charge in [0.25, 0.3) is 5.91 Å². The summed E-state index contributed by atoms with van der Waals surface area (Å²) in [6, 6.07) is 11.5. The minimum absolute atomic E-state index is 0.139. The SMILES string of the molecule is Cc1cc(=O)c(C(=O)NC2CCSc3c(F)cccc32)nn1-c1ccccc1F. The summed E-state index contributed by atoms with van der Waals surface area (Å²) in [4.78, 5) is 25.7. The fourth-order valence-electron chi connectivity index (χ4n) is 3.34. The number of benzene rings is 2. The second kappa shape index (κ2) is 7.79. The number of rotatable bonds is 3. The molecule has 1 aliphatic rings. The van der Waals surface area contributed by atoms with Crippen LogP contribution >= 0.6 is 11.8 Å². The highest BCUT2D eigenvalue weighted by Crippen LogP contribution is 2.37. The Hall–Kier alpha value is -3.00. The number of halogens is 2. The number of nitrogens with one attached hydrogen (secondary N) is 1. The molecule has 0 aliphatic carbocycles. The van der Waals surface area contributed by atoms with E-state index >= 15 is 0 Å². The zero-order valence-corrected chi connectivity index (χ0v) is 16.3. The number of carbonyl (C=O) groups excluding carboxylic acids is 1. The van der Waals surface area contributed by atoms with Crippen LogP contribution in [0, 0.1) is 18.6 Å². The molecule has 148 valence electrons. The number of amides is 1. The lowest BCUT2D eigenvalue weighted by Gasteiger charge is -2.26. The van der Waals surface area contributed by atoms with Crippen molar-refractivity contribution in [2.75, 3.05) is 5.75 Å². The predicted molar refractivity (Wildman–Crippen MR) is 106 cm³/mol. The van der Waals surface area contributed by atoms with Gasteiger partial charge in [0.1, 0.15) is 17.3 Å². The number of aromatic nitrogens is 2. The Kier molecular flexibility index (Phi) is 5.19. The van der Waals surface area contributed by atoms with Crippen LogP contribution in [0.1, 0.15) is 34.2 Å². The third kappa shape index (κ3) is 3.67. The van der Waals surface area contributed by atoms with Crippen molar-refractivity contribution >= 4 is 17.7 Å². The maximum Gasteiger partial charge on any atom is 0.276 e. The van der Waals surface area contributed by atoms with Crippen molar-refractivity contribution in [1.29, 1.82) is 0 Å². The maximum atomic E-state index is 14.2. The van der Waals surface area contributed by atoms with Crippen LogP contribution in [-0.4, -0.2) is 21.4 Å². The normalized spacial score (nSPS) is 15.6. The molecule has 0 fully saturated rings. The lowest BCUT2D eigenvalue weighted by Crippen LogP contribution is -2.35. The zero-order valence-electron chi connectivity index (χ0n) is 15.5. The van der Waals surface area contributed by atoms with E-state index in [0.29, 0.717) is 28.3 Å². The largest absolute Gasteiger partial charge is 0.344 e. The molecule has 1 aromatic heterocycles. The second-order valence-electron chi connectivity index (χ2n) is 6.68. The van der Waals surface area contributed by atoms with E-state index in [9.17, 15) is 18.4 Å². The van der Waals surface area contributed by atoms with Crippen LogP contribution in [0.5, 0.6) is 0 Å². The van der Waals surface area contributed by atoms with Crippen LogP contribution < -0.4 is 10.7 Å². The van der Waals surface area contributed by atoms with Crippen molar-refractivity contribution < 1.29 is 13.6 Å². The first kappa shape index (κ1) is 19.3. The maximum absolute atomic E-state index is 14.2. The summed E-state index contributed by atoms with van der Waals surface area (Å²) in [5.74, 6) is -0.888. The Bertz CT molecular complexity index is 1160. The van der Waals surface area contributed by atoms with Crippen LogP contribution in [0.15, 0.2) is 58.2 Å². The monoisotopic (exact) mass is 413 g/mol. The topological polar surface area (TPSA) is 64.0 Å². The Balaban J connectivity index is 1.69. The zero-order chi connectivity index (χ0) is 20.5. The van der Waals surface area contributed by atoms with Gasteiger partial charge in [-0.2, -0.15) is 5.10 Å². The van der Waals surface area contributed by atoms with Crippen molar-refractivity contribution in [3.05, 3.63) is 87.3 Å². The molecule has 2 heterocycles. The minimum atomic E-state index is -0.674. The molecule has 2 aromatic carbocycles. The smallest absolute Gasteiger partial charge is 0.276 e. The summed E-state index contributed by atoms with van der Waals surface area (Å²) in [5, 5.41) is 6.90. The Morgan fingerprint density at radius 3 is 2.72 bits per heavy atom. The van der Waals surface area contributed by atoms with Crippen LogP contribution in [0.4, 0.5) is 8.78 Å². The first-order chi connectivity index (χ1) is 14.0. The molecule has 1 unspecified atom stereocenters. The van der Waals surface area contributed by atoms with Crippen LogP contribution in [0.3, 0.4) is 0 Å². The van der Waals surface area contributed by atoms with Crippen molar-refractivity contribution in [2.45, 2.75) is 24.3 Å². The van der Waals surface area contributed by atoms with Crippen molar-refractivity contribution in [3.63, 3.8) is 0 Å². The molecule has 1 aliphatic heterocycles. The summed E-state index contributed by atoms with van der Waals surface area (Å²) in [7, 11) is 0. The van der Waals surface area contributed by atoms with E-state index < -0.39 is 23.2 Å². The first-order valence-electron chi connectivity index (χ1n) is 9.03. The molecule has 1 atom stereocenters. The molecule has 5 nitrogen and oxygen atoms in total.